The highest BCUT2D eigenvalue weighted by Crippen LogP contribution is 2.25. The number of imidazole rings is 1. The van der Waals surface area contributed by atoms with Crippen molar-refractivity contribution in [3.05, 3.63) is 53.4 Å². The highest BCUT2D eigenvalue weighted by atomic mass is 35.5. The van der Waals surface area contributed by atoms with Crippen molar-refractivity contribution in [3.63, 3.8) is 0 Å². The Morgan fingerprint density at radius 2 is 2.23 bits per heavy atom. The molecule has 1 unspecified atom stereocenters. The first kappa shape index (κ1) is 13.7. The van der Waals surface area contributed by atoms with Crippen LogP contribution < -0.4 is 5.32 Å². The van der Waals surface area contributed by atoms with Gasteiger partial charge in [-0.2, -0.15) is 0 Å². The Morgan fingerprint density at radius 3 is 3.05 bits per heavy atom. The first-order valence-electron chi connectivity index (χ1n) is 7.60. The molecule has 3 aromatic rings. The van der Waals surface area contributed by atoms with Crippen LogP contribution in [0.15, 0.2) is 42.6 Å². The fourth-order valence-corrected chi connectivity index (χ4v) is 3.31. The maximum Gasteiger partial charge on any atom is 0.164 e. The number of halogens is 1. The zero-order valence-corrected chi connectivity index (χ0v) is 12.9. The van der Waals surface area contributed by atoms with Crippen molar-refractivity contribution in [1.82, 2.24) is 19.9 Å². The fourth-order valence-electron chi connectivity index (χ4n) is 3.13. The Bertz CT molecular complexity index is 805. The molecule has 0 radical (unpaired) electrons. The Labute approximate surface area is 134 Å². The van der Waals surface area contributed by atoms with E-state index in [2.05, 4.69) is 20.9 Å². The molecule has 0 amide bonds. The van der Waals surface area contributed by atoms with Crippen molar-refractivity contribution < 1.29 is 0 Å². The molecule has 0 saturated carbocycles. The van der Waals surface area contributed by atoms with E-state index in [0.29, 0.717) is 5.92 Å². The molecule has 2 aromatic heterocycles. The lowest BCUT2D eigenvalue weighted by Crippen LogP contribution is -2.13. The summed E-state index contributed by atoms with van der Waals surface area (Å²) in [6.07, 6.45) is 3.97. The maximum absolute atomic E-state index is 6.17. The molecular formula is C17H17ClN4. The third-order valence-corrected chi connectivity index (χ3v) is 4.42. The summed E-state index contributed by atoms with van der Waals surface area (Å²) in [6, 6.07) is 11.8. The lowest BCUT2D eigenvalue weighted by molar-refractivity contribution is 0.558. The minimum Gasteiger partial charge on any atom is -0.316 e. The molecule has 1 aromatic carbocycles. The van der Waals surface area contributed by atoms with E-state index in [-0.39, 0.29) is 0 Å². The molecule has 1 saturated heterocycles. The average molecular weight is 313 g/mol. The molecule has 1 aliphatic rings. The summed E-state index contributed by atoms with van der Waals surface area (Å²) >= 11 is 6.17. The number of nitrogens with one attached hydrogen (secondary N) is 1. The summed E-state index contributed by atoms with van der Waals surface area (Å²) in [6.45, 7) is 2.16. The monoisotopic (exact) mass is 312 g/mol. The summed E-state index contributed by atoms with van der Waals surface area (Å²) in [4.78, 5) is 9.34. The van der Waals surface area contributed by atoms with Gasteiger partial charge in [-0.15, -0.1) is 0 Å². The smallest absolute Gasteiger partial charge is 0.164 e. The van der Waals surface area contributed by atoms with Gasteiger partial charge in [0.15, 0.2) is 5.65 Å². The molecule has 5 heteroatoms. The first-order chi connectivity index (χ1) is 10.8. The van der Waals surface area contributed by atoms with Crippen LogP contribution >= 0.6 is 11.6 Å². The van der Waals surface area contributed by atoms with Crippen molar-refractivity contribution >= 4 is 22.8 Å². The van der Waals surface area contributed by atoms with Gasteiger partial charge in [0.05, 0.1) is 5.69 Å². The molecule has 1 fully saturated rings. The lowest BCUT2D eigenvalue weighted by atomic mass is 10.0. The van der Waals surface area contributed by atoms with Crippen molar-refractivity contribution in [1.29, 1.82) is 0 Å². The molecule has 4 nitrogen and oxygen atoms in total. The summed E-state index contributed by atoms with van der Waals surface area (Å²) in [5, 5.41) is 4.15. The van der Waals surface area contributed by atoms with Crippen LogP contribution in [0.1, 0.15) is 12.2 Å². The number of pyridine rings is 1. The van der Waals surface area contributed by atoms with Crippen molar-refractivity contribution in [3.8, 4) is 5.69 Å². The van der Waals surface area contributed by atoms with E-state index in [9.17, 15) is 0 Å². The standard InChI is InChI=1S/C17H17ClN4/c18-13-3-1-4-14(10-13)22-16(9-12-6-8-19-11-12)21-15-5-2-7-20-17(15)22/h1-5,7,10,12,19H,6,8-9,11H2. The zero-order valence-electron chi connectivity index (χ0n) is 12.2. The lowest BCUT2D eigenvalue weighted by Gasteiger charge is -2.12. The van der Waals surface area contributed by atoms with Crippen molar-refractivity contribution in [2.45, 2.75) is 12.8 Å². The fraction of sp³-hybridized carbons (Fsp3) is 0.294. The van der Waals surface area contributed by atoms with Crippen LogP contribution in [0.5, 0.6) is 0 Å². The van der Waals surface area contributed by atoms with Crippen LogP contribution in [-0.4, -0.2) is 27.6 Å². The van der Waals surface area contributed by atoms with E-state index in [1.54, 1.807) is 0 Å². The summed E-state index contributed by atoms with van der Waals surface area (Å²) < 4.78 is 2.14. The van der Waals surface area contributed by atoms with Gasteiger partial charge < -0.3 is 5.32 Å². The molecule has 22 heavy (non-hydrogen) atoms. The molecule has 0 bridgehead atoms. The third-order valence-electron chi connectivity index (χ3n) is 4.19. The second kappa shape index (κ2) is 5.71. The second-order valence-electron chi connectivity index (χ2n) is 5.75. The highest BCUT2D eigenvalue weighted by Gasteiger charge is 2.20. The number of nitrogens with zero attached hydrogens (tertiary/aromatic N) is 3. The Kier molecular flexibility index (Phi) is 3.56. The molecule has 1 aliphatic heterocycles. The van der Waals surface area contributed by atoms with Gasteiger partial charge in [0.1, 0.15) is 11.3 Å². The van der Waals surface area contributed by atoms with Crippen LogP contribution in [0.4, 0.5) is 0 Å². The van der Waals surface area contributed by atoms with Gasteiger partial charge in [-0.1, -0.05) is 17.7 Å². The largest absolute Gasteiger partial charge is 0.316 e. The normalized spacial score (nSPS) is 18.1. The molecule has 0 spiro atoms. The van der Waals surface area contributed by atoms with Gasteiger partial charge in [-0.25, -0.2) is 9.97 Å². The Morgan fingerprint density at radius 1 is 1.27 bits per heavy atom. The van der Waals surface area contributed by atoms with Crippen LogP contribution in [0.3, 0.4) is 0 Å². The molecule has 1 N–H and O–H groups in total. The highest BCUT2D eigenvalue weighted by molar-refractivity contribution is 6.30. The zero-order chi connectivity index (χ0) is 14.9. The summed E-state index contributed by atoms with van der Waals surface area (Å²) in [7, 11) is 0. The van der Waals surface area contributed by atoms with E-state index >= 15 is 0 Å². The van der Waals surface area contributed by atoms with Crippen LogP contribution in [0.25, 0.3) is 16.9 Å². The predicted molar refractivity (Wildman–Crippen MR) is 88.6 cm³/mol. The first-order valence-corrected chi connectivity index (χ1v) is 7.98. The molecular weight excluding hydrogens is 296 g/mol. The predicted octanol–water partition coefficient (Wildman–Crippen LogP) is 3.23. The summed E-state index contributed by atoms with van der Waals surface area (Å²) in [5.74, 6) is 1.69. The SMILES string of the molecule is Clc1cccc(-n2c(CC3CCNC3)nc3cccnc32)c1. The van der Waals surface area contributed by atoms with E-state index in [1.165, 1.54) is 6.42 Å². The van der Waals surface area contributed by atoms with Gasteiger partial charge in [-0.3, -0.25) is 4.57 Å². The van der Waals surface area contributed by atoms with E-state index in [1.807, 2.05) is 36.5 Å². The number of benzene rings is 1. The van der Waals surface area contributed by atoms with E-state index in [4.69, 9.17) is 16.6 Å². The quantitative estimate of drug-likeness (QED) is 0.807. The van der Waals surface area contributed by atoms with Crippen LogP contribution in [0.2, 0.25) is 5.02 Å². The summed E-state index contributed by atoms with van der Waals surface area (Å²) in [5.41, 5.74) is 2.85. The van der Waals surface area contributed by atoms with Crippen molar-refractivity contribution in [2.75, 3.05) is 13.1 Å². The number of hydrogen-bond acceptors (Lipinski definition) is 3. The Balaban J connectivity index is 1.85. The maximum atomic E-state index is 6.17. The van der Waals surface area contributed by atoms with Crippen LogP contribution in [0, 0.1) is 5.92 Å². The van der Waals surface area contributed by atoms with E-state index in [0.717, 1.165) is 47.2 Å². The number of aromatic nitrogens is 3. The van der Waals surface area contributed by atoms with Gasteiger partial charge in [0.25, 0.3) is 0 Å². The van der Waals surface area contributed by atoms with Gasteiger partial charge >= 0.3 is 0 Å². The average Bonchev–Trinajstić information content (AvgIpc) is 3.14. The number of fused-ring (bicyclic) bond motifs is 1. The molecule has 1 atom stereocenters. The molecule has 0 aliphatic carbocycles. The minimum absolute atomic E-state index is 0.634. The van der Waals surface area contributed by atoms with Gasteiger partial charge in [0.2, 0.25) is 0 Å². The third kappa shape index (κ3) is 2.49. The number of hydrogen-bond donors (Lipinski definition) is 1. The van der Waals surface area contributed by atoms with E-state index < -0.39 is 0 Å². The van der Waals surface area contributed by atoms with Crippen LogP contribution in [-0.2, 0) is 6.42 Å². The topological polar surface area (TPSA) is 42.7 Å². The molecule has 3 heterocycles. The minimum atomic E-state index is 0.634. The van der Waals surface area contributed by atoms with Crippen molar-refractivity contribution in [2.24, 2.45) is 5.92 Å². The second-order valence-corrected chi connectivity index (χ2v) is 6.19. The number of rotatable bonds is 3. The molecule has 112 valence electrons. The van der Waals surface area contributed by atoms with Gasteiger partial charge in [0, 0.05) is 17.6 Å². The Hall–Kier alpha value is -1.91. The molecule has 4 rings (SSSR count). The van der Waals surface area contributed by atoms with Gasteiger partial charge in [-0.05, 0) is 55.8 Å².